The van der Waals surface area contributed by atoms with Crippen molar-refractivity contribution in [3.8, 4) is 0 Å². The van der Waals surface area contributed by atoms with Gasteiger partial charge >= 0.3 is 0 Å². The summed E-state index contributed by atoms with van der Waals surface area (Å²) in [6.07, 6.45) is 3.23. The topological polar surface area (TPSA) is 67.1 Å². The molecule has 0 unspecified atom stereocenters. The number of nitrogens with zero attached hydrogens (tertiary/aromatic N) is 4. The lowest BCUT2D eigenvalue weighted by molar-refractivity contribution is 0.663. The minimum absolute atomic E-state index is 0. The molecule has 3 heterocycles. The predicted molar refractivity (Wildman–Crippen MR) is 100.0 cm³/mol. The summed E-state index contributed by atoms with van der Waals surface area (Å²) in [5.74, 6) is 2.90. The number of hydrogen-bond donors (Lipinski definition) is 2. The maximum Gasteiger partial charge on any atom is 0.191 e. The molecule has 6 nitrogen and oxygen atoms in total. The van der Waals surface area contributed by atoms with E-state index in [1.54, 1.807) is 18.4 Å². The molecule has 1 aliphatic rings. The van der Waals surface area contributed by atoms with Crippen molar-refractivity contribution in [2.24, 2.45) is 4.99 Å². The summed E-state index contributed by atoms with van der Waals surface area (Å²) in [4.78, 5) is 5.62. The number of aliphatic imine (C=N–C) groups is 1. The van der Waals surface area contributed by atoms with Crippen molar-refractivity contribution in [1.82, 2.24) is 25.4 Å². The fraction of sp³-hybridized carbons (Fsp3) is 0.500. The lowest BCUT2D eigenvalue weighted by atomic mass is 10.3. The number of nitrogens with one attached hydrogen (secondary N) is 2. The normalized spacial score (nSPS) is 13.6. The van der Waals surface area contributed by atoms with Gasteiger partial charge in [-0.1, -0.05) is 6.07 Å². The molecule has 1 aliphatic heterocycles. The van der Waals surface area contributed by atoms with Crippen LogP contribution in [-0.2, 0) is 25.9 Å². The van der Waals surface area contributed by atoms with Crippen molar-refractivity contribution in [3.05, 3.63) is 34.0 Å². The van der Waals surface area contributed by atoms with Crippen LogP contribution in [0.1, 0.15) is 22.9 Å². The first-order valence-corrected chi connectivity index (χ1v) is 8.12. The second-order valence-corrected chi connectivity index (χ2v) is 6.00. The van der Waals surface area contributed by atoms with Gasteiger partial charge in [0.25, 0.3) is 0 Å². The maximum atomic E-state index is 4.24. The Hall–Kier alpha value is -1.16. The highest BCUT2D eigenvalue weighted by molar-refractivity contribution is 14.0. The van der Waals surface area contributed by atoms with Gasteiger partial charge in [-0.2, -0.15) is 0 Å². The SMILES string of the molecule is CN=C(NCCc1cccs1)NCc1nnc2n1CCC2.I. The van der Waals surface area contributed by atoms with Crippen LogP contribution in [0.2, 0.25) is 0 Å². The van der Waals surface area contributed by atoms with Crippen LogP contribution < -0.4 is 10.6 Å². The molecule has 2 N–H and O–H groups in total. The molecule has 0 atom stereocenters. The highest BCUT2D eigenvalue weighted by Crippen LogP contribution is 2.13. The molecular formula is C14H21IN6S. The lowest BCUT2D eigenvalue weighted by Gasteiger charge is -2.11. The van der Waals surface area contributed by atoms with Gasteiger partial charge in [-0.25, -0.2) is 0 Å². The Kier molecular flexibility index (Phi) is 6.62. The number of aromatic nitrogens is 3. The number of thiophene rings is 1. The average molecular weight is 432 g/mol. The molecule has 0 aliphatic carbocycles. The minimum Gasteiger partial charge on any atom is -0.356 e. The first-order valence-electron chi connectivity index (χ1n) is 7.24. The zero-order chi connectivity index (χ0) is 14.5. The van der Waals surface area contributed by atoms with Crippen molar-refractivity contribution in [3.63, 3.8) is 0 Å². The van der Waals surface area contributed by atoms with Gasteiger partial charge in [-0.3, -0.25) is 4.99 Å². The highest BCUT2D eigenvalue weighted by Gasteiger charge is 2.16. The maximum absolute atomic E-state index is 4.24. The number of halogens is 1. The highest BCUT2D eigenvalue weighted by atomic mass is 127. The van der Waals surface area contributed by atoms with E-state index in [-0.39, 0.29) is 24.0 Å². The third-order valence-corrected chi connectivity index (χ3v) is 4.50. The van der Waals surface area contributed by atoms with Crippen molar-refractivity contribution in [2.75, 3.05) is 13.6 Å². The van der Waals surface area contributed by atoms with E-state index in [2.05, 4.69) is 47.9 Å². The molecule has 0 bridgehead atoms. The average Bonchev–Trinajstić information content (AvgIpc) is 3.20. The molecule has 120 valence electrons. The molecule has 0 saturated carbocycles. The van der Waals surface area contributed by atoms with Gasteiger partial charge in [0.1, 0.15) is 5.82 Å². The molecule has 0 radical (unpaired) electrons. The molecule has 2 aromatic heterocycles. The number of guanidine groups is 1. The number of aryl methyl sites for hydroxylation is 1. The van der Waals surface area contributed by atoms with E-state index in [4.69, 9.17) is 0 Å². The van der Waals surface area contributed by atoms with Crippen LogP contribution in [-0.4, -0.2) is 34.3 Å². The molecule has 2 aromatic rings. The number of rotatable bonds is 5. The molecule has 0 saturated heterocycles. The van der Waals surface area contributed by atoms with E-state index in [1.165, 1.54) is 11.3 Å². The monoisotopic (exact) mass is 432 g/mol. The van der Waals surface area contributed by atoms with Crippen molar-refractivity contribution < 1.29 is 0 Å². The standard InChI is InChI=1S/C14H20N6S.HI/c1-15-14(16-7-6-11-4-3-9-21-11)17-10-13-19-18-12-5-2-8-20(12)13;/h3-4,9H,2,5-8,10H2,1H3,(H2,15,16,17);1H. The Bertz CT molecular complexity index is 607. The van der Waals surface area contributed by atoms with E-state index in [1.807, 2.05) is 0 Å². The van der Waals surface area contributed by atoms with Gasteiger partial charge in [0.05, 0.1) is 6.54 Å². The Morgan fingerprint density at radius 3 is 3.09 bits per heavy atom. The zero-order valence-electron chi connectivity index (χ0n) is 12.6. The van der Waals surface area contributed by atoms with Gasteiger partial charge in [0.15, 0.2) is 11.8 Å². The molecule has 22 heavy (non-hydrogen) atoms. The fourth-order valence-electron chi connectivity index (χ4n) is 2.48. The summed E-state index contributed by atoms with van der Waals surface area (Å²) in [6, 6.07) is 4.24. The molecule has 0 amide bonds. The van der Waals surface area contributed by atoms with Gasteiger partial charge < -0.3 is 15.2 Å². The van der Waals surface area contributed by atoms with Crippen LogP contribution in [0.15, 0.2) is 22.5 Å². The molecular weight excluding hydrogens is 411 g/mol. The third-order valence-electron chi connectivity index (χ3n) is 3.57. The Labute approximate surface area is 151 Å². The molecule has 0 fully saturated rings. The Morgan fingerprint density at radius 1 is 1.41 bits per heavy atom. The van der Waals surface area contributed by atoms with Gasteiger partial charge in [0.2, 0.25) is 0 Å². The first-order chi connectivity index (χ1) is 10.4. The Morgan fingerprint density at radius 2 is 2.32 bits per heavy atom. The van der Waals surface area contributed by atoms with Crippen LogP contribution in [0.5, 0.6) is 0 Å². The quantitative estimate of drug-likeness (QED) is 0.430. The first kappa shape index (κ1) is 17.2. The third kappa shape index (κ3) is 4.19. The summed E-state index contributed by atoms with van der Waals surface area (Å²) < 4.78 is 2.20. The summed E-state index contributed by atoms with van der Waals surface area (Å²) in [7, 11) is 1.79. The van der Waals surface area contributed by atoms with Crippen LogP contribution in [0, 0.1) is 0 Å². The van der Waals surface area contributed by atoms with Crippen molar-refractivity contribution >= 4 is 41.3 Å². The summed E-state index contributed by atoms with van der Waals surface area (Å²) in [5, 5.41) is 17.2. The largest absolute Gasteiger partial charge is 0.356 e. The smallest absolute Gasteiger partial charge is 0.191 e. The van der Waals surface area contributed by atoms with E-state index in [9.17, 15) is 0 Å². The van der Waals surface area contributed by atoms with E-state index in [0.717, 1.165) is 43.5 Å². The van der Waals surface area contributed by atoms with E-state index < -0.39 is 0 Å². The predicted octanol–water partition coefficient (Wildman–Crippen LogP) is 1.81. The van der Waals surface area contributed by atoms with Crippen LogP contribution >= 0.6 is 35.3 Å². The second-order valence-electron chi connectivity index (χ2n) is 4.97. The zero-order valence-corrected chi connectivity index (χ0v) is 15.7. The molecule has 3 rings (SSSR count). The van der Waals surface area contributed by atoms with Gasteiger partial charge in [-0.05, 0) is 24.3 Å². The lowest BCUT2D eigenvalue weighted by Crippen LogP contribution is -2.38. The number of hydrogen-bond acceptors (Lipinski definition) is 4. The summed E-state index contributed by atoms with van der Waals surface area (Å²) in [5.41, 5.74) is 0. The van der Waals surface area contributed by atoms with E-state index in [0.29, 0.717) is 6.54 Å². The molecule has 0 spiro atoms. The minimum atomic E-state index is 0. The summed E-state index contributed by atoms with van der Waals surface area (Å²) in [6.45, 7) is 2.56. The van der Waals surface area contributed by atoms with Gasteiger partial charge in [0, 0.05) is 31.4 Å². The fourth-order valence-corrected chi connectivity index (χ4v) is 3.19. The van der Waals surface area contributed by atoms with Crippen LogP contribution in [0.3, 0.4) is 0 Å². The van der Waals surface area contributed by atoms with Crippen LogP contribution in [0.25, 0.3) is 0 Å². The summed E-state index contributed by atoms with van der Waals surface area (Å²) >= 11 is 1.79. The molecule has 8 heteroatoms. The Balaban J connectivity index is 0.00000176. The van der Waals surface area contributed by atoms with Crippen LogP contribution in [0.4, 0.5) is 0 Å². The van der Waals surface area contributed by atoms with E-state index >= 15 is 0 Å². The van der Waals surface area contributed by atoms with Gasteiger partial charge in [-0.15, -0.1) is 45.5 Å². The second kappa shape index (κ2) is 8.47. The van der Waals surface area contributed by atoms with Crippen molar-refractivity contribution in [1.29, 1.82) is 0 Å². The van der Waals surface area contributed by atoms with Crippen molar-refractivity contribution in [2.45, 2.75) is 32.4 Å². The molecule has 0 aromatic carbocycles. The number of fused-ring (bicyclic) bond motifs is 1.